The largest absolute Gasteiger partial charge is 0.394 e. The number of aliphatic hydroxyl groups excluding tert-OH is 2. The second kappa shape index (κ2) is 5.38. The van der Waals surface area contributed by atoms with Crippen molar-refractivity contribution < 1.29 is 14.9 Å². The molecule has 21 heavy (non-hydrogen) atoms. The van der Waals surface area contributed by atoms with Crippen LogP contribution < -0.4 is 4.90 Å². The fourth-order valence-electron chi connectivity index (χ4n) is 2.49. The van der Waals surface area contributed by atoms with Crippen molar-refractivity contribution in [3.8, 4) is 0 Å². The first-order valence-corrected chi connectivity index (χ1v) is 6.91. The van der Waals surface area contributed by atoms with E-state index in [4.69, 9.17) is 16.3 Å². The first-order valence-electron chi connectivity index (χ1n) is 6.53. The summed E-state index contributed by atoms with van der Waals surface area (Å²) in [5, 5.41) is 19.2. The molecule has 3 heterocycles. The number of ether oxygens (including phenoxy) is 1. The number of anilines is 1. The normalized spacial score (nSPS) is 25.7. The summed E-state index contributed by atoms with van der Waals surface area (Å²) in [7, 11) is 3.71. The third kappa shape index (κ3) is 2.34. The lowest BCUT2D eigenvalue weighted by molar-refractivity contribution is -0.0431. The van der Waals surface area contributed by atoms with E-state index in [1.807, 2.05) is 19.0 Å². The monoisotopic (exact) mass is 313 g/mol. The fraction of sp³-hybridized carbons (Fsp3) is 0.583. The molecule has 9 heteroatoms. The van der Waals surface area contributed by atoms with Gasteiger partial charge in [0, 0.05) is 20.5 Å². The van der Waals surface area contributed by atoms with Crippen molar-refractivity contribution in [2.45, 2.75) is 24.9 Å². The van der Waals surface area contributed by atoms with Gasteiger partial charge in [0.25, 0.3) is 0 Å². The molecule has 0 aliphatic carbocycles. The summed E-state index contributed by atoms with van der Waals surface area (Å²) < 4.78 is 7.24. The maximum Gasteiger partial charge on any atom is 0.207 e. The zero-order valence-corrected chi connectivity index (χ0v) is 12.4. The van der Waals surface area contributed by atoms with E-state index in [0.717, 1.165) is 0 Å². The second-order valence-corrected chi connectivity index (χ2v) is 5.47. The van der Waals surface area contributed by atoms with Gasteiger partial charge >= 0.3 is 0 Å². The molecule has 2 N–H and O–H groups in total. The molecule has 0 spiro atoms. The highest BCUT2D eigenvalue weighted by Crippen LogP contribution is 2.34. The number of rotatable bonds is 3. The Kier molecular flexibility index (Phi) is 3.70. The van der Waals surface area contributed by atoms with Gasteiger partial charge in [0.1, 0.15) is 18.7 Å². The maximum absolute atomic E-state index is 9.86. The lowest BCUT2D eigenvalue weighted by atomic mass is 10.2. The van der Waals surface area contributed by atoms with Crippen LogP contribution in [0.3, 0.4) is 0 Å². The standard InChI is InChI=1S/C12H16ClN5O3/c1-17(2)10-9-11(15-5-14-10)18(12(13)16-9)8-3-6(20)7(4-19)21-8/h5-8,19-20H,3-4H2,1-2H3/t6-,7+,8+/m1/s1. The Morgan fingerprint density at radius 2 is 2.24 bits per heavy atom. The summed E-state index contributed by atoms with van der Waals surface area (Å²) >= 11 is 6.20. The SMILES string of the molecule is CN(C)c1ncnc2c1nc(Cl)n2[C@@H]1C[C@@H](O)[C@H](CO)O1. The summed E-state index contributed by atoms with van der Waals surface area (Å²) in [6.45, 7) is -0.250. The predicted molar refractivity (Wildman–Crippen MR) is 76.3 cm³/mol. The van der Waals surface area contributed by atoms with Crippen molar-refractivity contribution in [3.63, 3.8) is 0 Å². The quantitative estimate of drug-likeness (QED) is 0.781. The Hall–Kier alpha value is -1.48. The molecule has 1 aliphatic heterocycles. The molecule has 1 fully saturated rings. The summed E-state index contributed by atoms with van der Waals surface area (Å²) in [6, 6.07) is 0. The van der Waals surface area contributed by atoms with Crippen LogP contribution >= 0.6 is 11.6 Å². The van der Waals surface area contributed by atoms with Crippen LogP contribution in [0, 0.1) is 0 Å². The highest BCUT2D eigenvalue weighted by Gasteiger charge is 2.36. The molecule has 1 aliphatic rings. The van der Waals surface area contributed by atoms with Crippen molar-refractivity contribution in [1.29, 1.82) is 0 Å². The van der Waals surface area contributed by atoms with E-state index in [1.54, 1.807) is 4.57 Å². The topological polar surface area (TPSA) is 96.5 Å². The Morgan fingerprint density at radius 3 is 2.86 bits per heavy atom. The highest BCUT2D eigenvalue weighted by atomic mass is 35.5. The van der Waals surface area contributed by atoms with Crippen LogP contribution in [0.2, 0.25) is 5.28 Å². The Bertz CT molecular complexity index is 662. The number of fused-ring (bicyclic) bond motifs is 1. The smallest absolute Gasteiger partial charge is 0.207 e. The number of halogens is 1. The van der Waals surface area contributed by atoms with E-state index in [9.17, 15) is 10.2 Å². The Morgan fingerprint density at radius 1 is 1.48 bits per heavy atom. The van der Waals surface area contributed by atoms with E-state index in [1.165, 1.54) is 6.33 Å². The molecule has 0 radical (unpaired) electrons. The van der Waals surface area contributed by atoms with Gasteiger partial charge in [-0.05, 0) is 11.6 Å². The molecule has 0 saturated carbocycles. The van der Waals surface area contributed by atoms with Gasteiger partial charge in [0.2, 0.25) is 5.28 Å². The van der Waals surface area contributed by atoms with Gasteiger partial charge in [-0.1, -0.05) is 0 Å². The number of hydrogen-bond donors (Lipinski definition) is 2. The summed E-state index contributed by atoms with van der Waals surface area (Å²) in [5.74, 6) is 0.651. The Balaban J connectivity index is 2.08. The van der Waals surface area contributed by atoms with Crippen LogP contribution in [0.5, 0.6) is 0 Å². The fourth-order valence-corrected chi connectivity index (χ4v) is 2.76. The highest BCUT2D eigenvalue weighted by molar-refractivity contribution is 6.29. The maximum atomic E-state index is 9.86. The van der Waals surface area contributed by atoms with Gasteiger partial charge in [0.05, 0.1) is 12.7 Å². The van der Waals surface area contributed by atoms with Crippen molar-refractivity contribution in [3.05, 3.63) is 11.6 Å². The zero-order chi connectivity index (χ0) is 15.1. The van der Waals surface area contributed by atoms with Crippen molar-refractivity contribution >= 4 is 28.6 Å². The van der Waals surface area contributed by atoms with Crippen molar-refractivity contribution in [2.24, 2.45) is 0 Å². The average Bonchev–Trinajstić information content (AvgIpc) is 2.96. The molecule has 114 valence electrons. The van der Waals surface area contributed by atoms with Crippen LogP contribution in [0.4, 0.5) is 5.82 Å². The molecular formula is C12H16ClN5O3. The van der Waals surface area contributed by atoms with Gasteiger partial charge < -0.3 is 19.8 Å². The van der Waals surface area contributed by atoms with E-state index in [2.05, 4.69) is 15.0 Å². The van der Waals surface area contributed by atoms with Gasteiger partial charge in [-0.3, -0.25) is 4.57 Å². The number of aromatic nitrogens is 4. The van der Waals surface area contributed by atoms with Crippen LogP contribution in [-0.4, -0.2) is 62.6 Å². The molecule has 3 rings (SSSR count). The molecule has 2 aromatic rings. The molecule has 3 atom stereocenters. The molecule has 1 saturated heterocycles. The van der Waals surface area contributed by atoms with Crippen LogP contribution in [0.25, 0.3) is 11.2 Å². The third-order valence-electron chi connectivity index (χ3n) is 3.51. The molecule has 0 bridgehead atoms. The molecule has 2 aromatic heterocycles. The summed E-state index contributed by atoms with van der Waals surface area (Å²) in [4.78, 5) is 14.5. The minimum absolute atomic E-state index is 0.212. The van der Waals surface area contributed by atoms with E-state index >= 15 is 0 Å². The number of aliphatic hydroxyl groups is 2. The summed E-state index contributed by atoms with van der Waals surface area (Å²) in [5.41, 5.74) is 1.10. The number of nitrogens with zero attached hydrogens (tertiary/aromatic N) is 5. The van der Waals surface area contributed by atoms with Crippen molar-refractivity contribution in [2.75, 3.05) is 25.6 Å². The number of imidazole rings is 1. The van der Waals surface area contributed by atoms with E-state index in [-0.39, 0.29) is 11.9 Å². The lowest BCUT2D eigenvalue weighted by Crippen LogP contribution is -2.24. The van der Waals surface area contributed by atoms with Crippen LogP contribution in [0.15, 0.2) is 6.33 Å². The summed E-state index contributed by atoms with van der Waals surface area (Å²) in [6.07, 6.45) is -0.138. The van der Waals surface area contributed by atoms with Gasteiger partial charge in [0.15, 0.2) is 17.0 Å². The lowest BCUT2D eigenvalue weighted by Gasteiger charge is -2.15. The third-order valence-corrected chi connectivity index (χ3v) is 3.78. The van der Waals surface area contributed by atoms with E-state index in [0.29, 0.717) is 23.4 Å². The Labute approximate surface area is 126 Å². The first-order chi connectivity index (χ1) is 10.0. The minimum Gasteiger partial charge on any atom is -0.394 e. The van der Waals surface area contributed by atoms with Crippen molar-refractivity contribution in [1.82, 2.24) is 19.5 Å². The molecule has 0 unspecified atom stereocenters. The van der Waals surface area contributed by atoms with Gasteiger partial charge in [-0.2, -0.15) is 0 Å². The second-order valence-electron chi connectivity index (χ2n) is 5.13. The first kappa shape index (κ1) is 14.5. The van der Waals surface area contributed by atoms with Gasteiger partial charge in [-0.15, -0.1) is 0 Å². The minimum atomic E-state index is -0.747. The van der Waals surface area contributed by atoms with Gasteiger partial charge in [-0.25, -0.2) is 15.0 Å². The van der Waals surface area contributed by atoms with Crippen LogP contribution in [-0.2, 0) is 4.74 Å². The zero-order valence-electron chi connectivity index (χ0n) is 11.6. The van der Waals surface area contributed by atoms with E-state index < -0.39 is 18.4 Å². The number of hydrogen-bond acceptors (Lipinski definition) is 7. The molecule has 8 nitrogen and oxygen atoms in total. The average molecular weight is 314 g/mol. The molecule has 0 aromatic carbocycles. The predicted octanol–water partition coefficient (Wildman–Crippen LogP) is 0.186. The molecule has 0 amide bonds. The molecular weight excluding hydrogens is 298 g/mol. The van der Waals surface area contributed by atoms with Crippen LogP contribution in [0.1, 0.15) is 12.6 Å².